The number of methoxy groups -OCH3 is 1. The van der Waals surface area contributed by atoms with Crippen LogP contribution in [0.15, 0.2) is 54.2 Å². The first-order valence-corrected chi connectivity index (χ1v) is 7.28. The van der Waals surface area contributed by atoms with E-state index in [1.54, 1.807) is 42.5 Å². The van der Waals surface area contributed by atoms with E-state index < -0.39 is 5.91 Å². The normalized spacial score (nSPS) is 10.6. The Morgan fingerprint density at radius 3 is 2.50 bits per heavy atom. The molecule has 0 unspecified atom stereocenters. The van der Waals surface area contributed by atoms with Crippen LogP contribution < -0.4 is 21.1 Å². The lowest BCUT2D eigenvalue weighted by molar-refractivity contribution is -0.112. The highest BCUT2D eigenvalue weighted by Gasteiger charge is 2.10. The second-order valence-electron chi connectivity index (χ2n) is 4.74. The first-order valence-electron chi connectivity index (χ1n) is 6.90. The number of nitrogen functional groups attached to an aromatic ring is 1. The summed E-state index contributed by atoms with van der Waals surface area (Å²) in [5.74, 6) is -0.0580. The van der Waals surface area contributed by atoms with Crippen molar-refractivity contribution in [1.29, 1.82) is 5.26 Å². The summed E-state index contributed by atoms with van der Waals surface area (Å²) < 4.78 is 5.04. The van der Waals surface area contributed by atoms with E-state index in [4.69, 9.17) is 27.3 Å². The smallest absolute Gasteiger partial charge is 0.267 e. The van der Waals surface area contributed by atoms with E-state index in [-0.39, 0.29) is 5.57 Å². The Bertz CT molecular complexity index is 810. The van der Waals surface area contributed by atoms with E-state index in [1.807, 2.05) is 6.07 Å². The Labute approximate surface area is 144 Å². The van der Waals surface area contributed by atoms with E-state index in [2.05, 4.69) is 10.6 Å². The first-order chi connectivity index (χ1) is 11.5. The molecular weight excluding hydrogens is 328 g/mol. The number of nitriles is 1. The lowest BCUT2D eigenvalue weighted by atomic mass is 10.2. The van der Waals surface area contributed by atoms with Crippen LogP contribution in [0.2, 0.25) is 5.02 Å². The van der Waals surface area contributed by atoms with Crippen molar-refractivity contribution in [3.05, 3.63) is 59.3 Å². The van der Waals surface area contributed by atoms with Gasteiger partial charge >= 0.3 is 0 Å². The second kappa shape index (κ2) is 7.90. The molecule has 4 N–H and O–H groups in total. The lowest BCUT2D eigenvalue weighted by Crippen LogP contribution is -2.14. The van der Waals surface area contributed by atoms with E-state index in [0.29, 0.717) is 27.8 Å². The summed E-state index contributed by atoms with van der Waals surface area (Å²) in [4.78, 5) is 12.1. The molecule has 0 saturated heterocycles. The summed E-state index contributed by atoms with van der Waals surface area (Å²) in [5, 5.41) is 15.0. The minimum Gasteiger partial charge on any atom is -0.495 e. The first kappa shape index (κ1) is 17.2. The largest absolute Gasteiger partial charge is 0.495 e. The molecule has 7 heteroatoms. The molecule has 0 fully saturated rings. The van der Waals surface area contributed by atoms with Gasteiger partial charge in [-0.2, -0.15) is 5.26 Å². The summed E-state index contributed by atoms with van der Waals surface area (Å²) in [6.07, 6.45) is 1.33. The van der Waals surface area contributed by atoms with Gasteiger partial charge in [0, 0.05) is 23.3 Å². The SMILES string of the molecule is COc1ccc(NC(=O)/C(C#N)=C\Nc2ccc(N)cc2)cc1Cl. The zero-order chi connectivity index (χ0) is 17.5. The molecule has 1 amide bonds. The van der Waals surface area contributed by atoms with Gasteiger partial charge in [-0.05, 0) is 42.5 Å². The maximum atomic E-state index is 12.1. The minimum atomic E-state index is -0.554. The number of benzene rings is 2. The van der Waals surface area contributed by atoms with Crippen LogP contribution in [0.5, 0.6) is 5.75 Å². The molecule has 0 radical (unpaired) electrons. The van der Waals surface area contributed by atoms with Crippen molar-refractivity contribution in [2.75, 3.05) is 23.5 Å². The number of carbonyl (C=O) groups is 1. The van der Waals surface area contributed by atoms with Crippen LogP contribution in [-0.4, -0.2) is 13.0 Å². The third-order valence-corrected chi connectivity index (χ3v) is 3.36. The average Bonchev–Trinajstić information content (AvgIpc) is 2.57. The van der Waals surface area contributed by atoms with Crippen LogP contribution in [0.3, 0.4) is 0 Å². The number of hydrogen-bond donors (Lipinski definition) is 3. The van der Waals surface area contributed by atoms with Crippen molar-refractivity contribution in [2.24, 2.45) is 0 Å². The molecule has 6 nitrogen and oxygen atoms in total. The van der Waals surface area contributed by atoms with Gasteiger partial charge in [-0.15, -0.1) is 0 Å². The number of carbonyl (C=O) groups excluding carboxylic acids is 1. The fourth-order valence-electron chi connectivity index (χ4n) is 1.83. The van der Waals surface area contributed by atoms with E-state index in [0.717, 1.165) is 0 Å². The Morgan fingerprint density at radius 2 is 1.92 bits per heavy atom. The molecule has 0 aliphatic heterocycles. The molecule has 2 rings (SSSR count). The summed E-state index contributed by atoms with van der Waals surface area (Å²) in [5.41, 5.74) is 7.30. The predicted octanol–water partition coefficient (Wildman–Crippen LogP) is 3.39. The monoisotopic (exact) mass is 342 g/mol. The molecule has 0 bridgehead atoms. The van der Waals surface area contributed by atoms with Gasteiger partial charge in [0.25, 0.3) is 5.91 Å². The van der Waals surface area contributed by atoms with Crippen LogP contribution in [0, 0.1) is 11.3 Å². The van der Waals surface area contributed by atoms with Gasteiger partial charge < -0.3 is 21.1 Å². The van der Waals surface area contributed by atoms with E-state index in [9.17, 15) is 4.79 Å². The number of ether oxygens (including phenoxy) is 1. The Kier molecular flexibility index (Phi) is 5.66. The van der Waals surface area contributed by atoms with Crippen molar-refractivity contribution in [3.8, 4) is 11.8 Å². The molecule has 122 valence electrons. The highest BCUT2D eigenvalue weighted by atomic mass is 35.5. The quantitative estimate of drug-likeness (QED) is 0.439. The Balaban J connectivity index is 2.08. The molecule has 0 saturated carbocycles. The van der Waals surface area contributed by atoms with Gasteiger partial charge in [0.2, 0.25) is 0 Å². The number of rotatable bonds is 5. The third kappa shape index (κ3) is 4.41. The number of halogens is 1. The Morgan fingerprint density at radius 1 is 1.25 bits per heavy atom. The zero-order valence-electron chi connectivity index (χ0n) is 12.8. The predicted molar refractivity (Wildman–Crippen MR) is 94.8 cm³/mol. The van der Waals surface area contributed by atoms with Crippen LogP contribution in [0.25, 0.3) is 0 Å². The van der Waals surface area contributed by atoms with Crippen molar-refractivity contribution < 1.29 is 9.53 Å². The van der Waals surface area contributed by atoms with Crippen molar-refractivity contribution in [3.63, 3.8) is 0 Å². The molecule has 0 aliphatic rings. The number of nitrogens with one attached hydrogen (secondary N) is 2. The van der Waals surface area contributed by atoms with E-state index >= 15 is 0 Å². The maximum absolute atomic E-state index is 12.1. The number of amides is 1. The molecule has 24 heavy (non-hydrogen) atoms. The lowest BCUT2D eigenvalue weighted by Gasteiger charge is -2.08. The van der Waals surface area contributed by atoms with Gasteiger partial charge in [0.05, 0.1) is 12.1 Å². The summed E-state index contributed by atoms with van der Waals surface area (Å²) >= 11 is 6.00. The highest BCUT2D eigenvalue weighted by Crippen LogP contribution is 2.27. The van der Waals surface area contributed by atoms with Gasteiger partial charge in [0.15, 0.2) is 0 Å². The maximum Gasteiger partial charge on any atom is 0.267 e. The van der Waals surface area contributed by atoms with Gasteiger partial charge in [-0.1, -0.05) is 11.6 Å². The molecule has 2 aromatic rings. The van der Waals surface area contributed by atoms with Gasteiger partial charge in [-0.3, -0.25) is 4.79 Å². The Hall–Kier alpha value is -3.17. The number of nitrogens with two attached hydrogens (primary N) is 1. The topological polar surface area (TPSA) is 100 Å². The van der Waals surface area contributed by atoms with Crippen LogP contribution in [0.4, 0.5) is 17.1 Å². The van der Waals surface area contributed by atoms with Crippen molar-refractivity contribution in [1.82, 2.24) is 0 Å². The molecule has 0 aliphatic carbocycles. The summed E-state index contributed by atoms with van der Waals surface area (Å²) in [6.45, 7) is 0. The highest BCUT2D eigenvalue weighted by molar-refractivity contribution is 6.32. The van der Waals surface area contributed by atoms with Crippen LogP contribution >= 0.6 is 11.6 Å². The second-order valence-corrected chi connectivity index (χ2v) is 5.15. The molecular formula is C17H15ClN4O2. The number of nitrogens with zero attached hydrogens (tertiary/aromatic N) is 1. The van der Waals surface area contributed by atoms with Gasteiger partial charge in [-0.25, -0.2) is 0 Å². The van der Waals surface area contributed by atoms with Crippen molar-refractivity contribution in [2.45, 2.75) is 0 Å². The molecule has 2 aromatic carbocycles. The van der Waals surface area contributed by atoms with Crippen LogP contribution in [-0.2, 0) is 4.79 Å². The van der Waals surface area contributed by atoms with Crippen LogP contribution in [0.1, 0.15) is 0 Å². The number of hydrogen-bond acceptors (Lipinski definition) is 5. The molecule has 0 atom stereocenters. The molecule has 0 aromatic heterocycles. The molecule has 0 spiro atoms. The average molecular weight is 343 g/mol. The van der Waals surface area contributed by atoms with Crippen molar-refractivity contribution >= 4 is 34.6 Å². The molecule has 0 heterocycles. The summed E-state index contributed by atoms with van der Waals surface area (Å²) in [6, 6.07) is 13.5. The third-order valence-electron chi connectivity index (χ3n) is 3.07. The van der Waals surface area contributed by atoms with E-state index in [1.165, 1.54) is 13.3 Å². The standard InChI is InChI=1S/C17H15ClN4O2/c1-24-16-7-6-14(8-15(16)18)22-17(23)11(9-19)10-21-13-4-2-12(20)3-5-13/h2-8,10,21H,20H2,1H3,(H,22,23)/b11-10-. The zero-order valence-corrected chi connectivity index (χ0v) is 13.6. The summed E-state index contributed by atoms with van der Waals surface area (Å²) in [7, 11) is 1.50. The fourth-order valence-corrected chi connectivity index (χ4v) is 2.08. The fraction of sp³-hybridized carbons (Fsp3) is 0.0588. The van der Waals surface area contributed by atoms with Gasteiger partial charge in [0.1, 0.15) is 17.4 Å². The minimum absolute atomic E-state index is 0.0845. The number of anilines is 3.